The second kappa shape index (κ2) is 4.64. The van der Waals surface area contributed by atoms with Crippen LogP contribution in [0, 0.1) is 22.5 Å². The molecule has 0 spiro atoms. The molecule has 0 bridgehead atoms. The summed E-state index contributed by atoms with van der Waals surface area (Å²) in [6.07, 6.45) is 5.18. The quantitative estimate of drug-likeness (QED) is 0.488. The number of amides is 1. The maximum Gasteiger partial charge on any atom is 0.289 e. The predicted octanol–water partition coefficient (Wildman–Crippen LogP) is 2.19. The first-order valence-corrected chi connectivity index (χ1v) is 4.55. The summed E-state index contributed by atoms with van der Waals surface area (Å²) in [7, 11) is 0. The minimum absolute atomic E-state index is 0.0762. The molecule has 16 heavy (non-hydrogen) atoms. The van der Waals surface area contributed by atoms with E-state index in [2.05, 4.69) is 11.2 Å². The molecule has 1 aromatic rings. The van der Waals surface area contributed by atoms with Crippen LogP contribution >= 0.6 is 11.6 Å². The number of hydrogen-bond acceptors (Lipinski definition) is 3. The standard InChI is InChI=1S/C10H7ClN2O3/c1-3-7-4-10(13(15)16)8(11)5-9(7)12-6(2)14/h1,4-5H,2H3,(H,12,14). The molecule has 0 fully saturated rings. The van der Waals surface area contributed by atoms with Gasteiger partial charge in [0.1, 0.15) is 5.02 Å². The zero-order valence-corrected chi connectivity index (χ0v) is 9.04. The average Bonchev–Trinajstić information content (AvgIpc) is 2.16. The van der Waals surface area contributed by atoms with Gasteiger partial charge in [0.2, 0.25) is 5.91 Å². The van der Waals surface area contributed by atoms with Crippen molar-refractivity contribution in [3.05, 3.63) is 32.8 Å². The monoisotopic (exact) mass is 238 g/mol. The van der Waals surface area contributed by atoms with Crippen LogP contribution in [0.4, 0.5) is 11.4 Å². The summed E-state index contributed by atoms with van der Waals surface area (Å²) >= 11 is 5.68. The topological polar surface area (TPSA) is 72.2 Å². The number of carbonyl (C=O) groups excluding carboxylic acids is 1. The van der Waals surface area contributed by atoms with E-state index in [1.54, 1.807) is 0 Å². The number of benzene rings is 1. The normalized spacial score (nSPS) is 9.31. The zero-order valence-electron chi connectivity index (χ0n) is 8.28. The number of nitrogens with one attached hydrogen (secondary N) is 1. The van der Waals surface area contributed by atoms with Crippen LogP contribution in [-0.2, 0) is 4.79 Å². The minimum Gasteiger partial charge on any atom is -0.325 e. The van der Waals surface area contributed by atoms with Crippen LogP contribution in [0.5, 0.6) is 0 Å². The number of halogens is 1. The maximum absolute atomic E-state index is 10.9. The summed E-state index contributed by atoms with van der Waals surface area (Å²) < 4.78 is 0. The van der Waals surface area contributed by atoms with Gasteiger partial charge in [-0.05, 0) is 6.07 Å². The van der Waals surface area contributed by atoms with E-state index < -0.39 is 4.92 Å². The summed E-state index contributed by atoms with van der Waals surface area (Å²) in [5.41, 5.74) is 0.209. The molecular formula is C10H7ClN2O3. The first kappa shape index (κ1) is 12.0. The summed E-state index contributed by atoms with van der Waals surface area (Å²) in [6, 6.07) is 2.41. The smallest absolute Gasteiger partial charge is 0.289 e. The van der Waals surface area contributed by atoms with E-state index in [-0.39, 0.29) is 27.9 Å². The van der Waals surface area contributed by atoms with Gasteiger partial charge in [-0.1, -0.05) is 17.5 Å². The Balaban J connectivity index is 3.33. The van der Waals surface area contributed by atoms with Gasteiger partial charge in [0.05, 0.1) is 16.2 Å². The highest BCUT2D eigenvalue weighted by molar-refractivity contribution is 6.33. The highest BCUT2D eigenvalue weighted by Crippen LogP contribution is 2.30. The zero-order chi connectivity index (χ0) is 12.3. The van der Waals surface area contributed by atoms with Gasteiger partial charge < -0.3 is 5.32 Å². The van der Waals surface area contributed by atoms with Gasteiger partial charge in [0.25, 0.3) is 5.69 Å². The molecular weight excluding hydrogens is 232 g/mol. The molecule has 0 unspecified atom stereocenters. The van der Waals surface area contributed by atoms with Gasteiger partial charge in [-0.25, -0.2) is 0 Å². The lowest BCUT2D eigenvalue weighted by Gasteiger charge is -2.06. The fourth-order valence-electron chi connectivity index (χ4n) is 1.11. The Bertz CT molecular complexity index is 506. The fourth-order valence-corrected chi connectivity index (χ4v) is 1.35. The van der Waals surface area contributed by atoms with Crippen molar-refractivity contribution < 1.29 is 9.72 Å². The van der Waals surface area contributed by atoms with E-state index in [4.69, 9.17) is 18.0 Å². The number of hydrogen-bond donors (Lipinski definition) is 1. The number of nitro groups is 1. The fraction of sp³-hybridized carbons (Fsp3) is 0.100. The first-order chi connectivity index (χ1) is 7.45. The minimum atomic E-state index is -0.638. The molecule has 82 valence electrons. The molecule has 0 aliphatic rings. The van der Waals surface area contributed by atoms with Crippen LogP contribution < -0.4 is 5.32 Å². The summed E-state index contributed by atoms with van der Waals surface area (Å²) in [5, 5.41) is 13.0. The van der Waals surface area contributed by atoms with Crippen molar-refractivity contribution in [2.45, 2.75) is 6.92 Å². The van der Waals surface area contributed by atoms with Crippen molar-refractivity contribution in [2.75, 3.05) is 5.32 Å². The van der Waals surface area contributed by atoms with E-state index in [1.165, 1.54) is 13.0 Å². The Morgan fingerprint density at radius 1 is 1.62 bits per heavy atom. The lowest BCUT2D eigenvalue weighted by Crippen LogP contribution is -2.07. The highest BCUT2D eigenvalue weighted by Gasteiger charge is 2.16. The number of rotatable bonds is 2. The van der Waals surface area contributed by atoms with Crippen molar-refractivity contribution in [2.24, 2.45) is 0 Å². The SMILES string of the molecule is C#Cc1cc([N+](=O)[O-])c(Cl)cc1NC(C)=O. The van der Waals surface area contributed by atoms with Crippen LogP contribution in [0.25, 0.3) is 0 Å². The van der Waals surface area contributed by atoms with Crippen LogP contribution in [0.1, 0.15) is 12.5 Å². The Morgan fingerprint density at radius 3 is 2.69 bits per heavy atom. The molecule has 0 aliphatic carbocycles. The Hall–Kier alpha value is -2.06. The second-order valence-electron chi connectivity index (χ2n) is 2.93. The number of nitro benzene ring substituents is 1. The van der Waals surface area contributed by atoms with Crippen LogP contribution in [-0.4, -0.2) is 10.8 Å². The maximum atomic E-state index is 10.9. The molecule has 5 nitrogen and oxygen atoms in total. The van der Waals surface area contributed by atoms with Crippen molar-refractivity contribution >= 4 is 28.9 Å². The Morgan fingerprint density at radius 2 is 2.25 bits per heavy atom. The largest absolute Gasteiger partial charge is 0.325 e. The molecule has 1 amide bonds. The summed E-state index contributed by atoms with van der Waals surface area (Å²) in [4.78, 5) is 20.8. The van der Waals surface area contributed by atoms with E-state index in [0.29, 0.717) is 0 Å². The molecule has 0 aliphatic heterocycles. The third-order valence-electron chi connectivity index (χ3n) is 1.75. The number of terminal acetylenes is 1. The second-order valence-corrected chi connectivity index (χ2v) is 3.34. The van der Waals surface area contributed by atoms with Gasteiger partial charge in [-0.2, -0.15) is 0 Å². The van der Waals surface area contributed by atoms with Crippen molar-refractivity contribution in [1.82, 2.24) is 0 Å². The van der Waals surface area contributed by atoms with E-state index in [9.17, 15) is 14.9 Å². The van der Waals surface area contributed by atoms with Crippen LogP contribution in [0.2, 0.25) is 5.02 Å². The predicted molar refractivity (Wildman–Crippen MR) is 60.3 cm³/mol. The molecule has 1 aromatic carbocycles. The molecule has 0 aromatic heterocycles. The third kappa shape index (κ3) is 2.49. The van der Waals surface area contributed by atoms with Crippen molar-refractivity contribution in [1.29, 1.82) is 0 Å². The molecule has 0 heterocycles. The molecule has 0 radical (unpaired) electrons. The highest BCUT2D eigenvalue weighted by atomic mass is 35.5. The molecule has 0 saturated heterocycles. The molecule has 1 rings (SSSR count). The average molecular weight is 239 g/mol. The third-order valence-corrected chi connectivity index (χ3v) is 2.05. The van der Waals surface area contributed by atoms with Gasteiger partial charge in [-0.3, -0.25) is 14.9 Å². The van der Waals surface area contributed by atoms with Gasteiger partial charge in [0, 0.05) is 13.0 Å². The number of carbonyl (C=O) groups is 1. The van der Waals surface area contributed by atoms with E-state index in [0.717, 1.165) is 6.07 Å². The van der Waals surface area contributed by atoms with Gasteiger partial charge in [0.15, 0.2) is 0 Å². The lowest BCUT2D eigenvalue weighted by molar-refractivity contribution is -0.384. The van der Waals surface area contributed by atoms with Gasteiger partial charge >= 0.3 is 0 Å². The number of anilines is 1. The van der Waals surface area contributed by atoms with Gasteiger partial charge in [-0.15, -0.1) is 6.42 Å². The molecule has 6 heteroatoms. The first-order valence-electron chi connectivity index (χ1n) is 4.18. The van der Waals surface area contributed by atoms with E-state index >= 15 is 0 Å². The number of nitrogens with zero attached hydrogens (tertiary/aromatic N) is 1. The van der Waals surface area contributed by atoms with Crippen molar-refractivity contribution in [3.8, 4) is 12.3 Å². The Labute approximate surface area is 96.6 Å². The van der Waals surface area contributed by atoms with Crippen molar-refractivity contribution in [3.63, 3.8) is 0 Å². The van der Waals surface area contributed by atoms with Crippen LogP contribution in [0.15, 0.2) is 12.1 Å². The van der Waals surface area contributed by atoms with Crippen LogP contribution in [0.3, 0.4) is 0 Å². The Kier molecular flexibility index (Phi) is 3.48. The summed E-state index contributed by atoms with van der Waals surface area (Å²) in [6.45, 7) is 1.30. The lowest BCUT2D eigenvalue weighted by atomic mass is 10.1. The molecule has 0 atom stereocenters. The molecule has 0 saturated carbocycles. The molecule has 1 N–H and O–H groups in total. The van der Waals surface area contributed by atoms with E-state index in [1.807, 2.05) is 0 Å². The summed E-state index contributed by atoms with van der Waals surface area (Å²) in [5.74, 6) is 1.91.